The molecule has 0 aliphatic carbocycles. The molecule has 8 nitrogen and oxygen atoms in total. The normalized spacial score (nSPS) is 11.8. The third-order valence-corrected chi connectivity index (χ3v) is 2.13. The van der Waals surface area contributed by atoms with Gasteiger partial charge < -0.3 is 20.7 Å². The largest absolute Gasteiger partial charge is 0.480 e. The van der Waals surface area contributed by atoms with Crippen molar-refractivity contribution in [1.82, 2.24) is 10.5 Å². The first-order valence-corrected chi connectivity index (χ1v) is 5.15. The molecule has 8 heteroatoms. The predicted molar refractivity (Wildman–Crippen MR) is 58.6 cm³/mol. The maximum absolute atomic E-state index is 11.6. The molecule has 0 aromatic carbocycles. The molecule has 4 N–H and O–H groups in total. The molecule has 0 fully saturated rings. The van der Waals surface area contributed by atoms with Gasteiger partial charge in [0.1, 0.15) is 6.04 Å². The topological polar surface area (TPSA) is 136 Å². The number of amides is 2. The minimum Gasteiger partial charge on any atom is -0.480 e. The second kappa shape index (κ2) is 5.80. The first-order chi connectivity index (χ1) is 8.40. The van der Waals surface area contributed by atoms with Crippen LogP contribution in [0.2, 0.25) is 0 Å². The molecule has 0 spiro atoms. The lowest BCUT2D eigenvalue weighted by Gasteiger charge is -2.11. The first kappa shape index (κ1) is 13.7. The molecule has 1 rings (SSSR count). The molecule has 1 atom stereocenters. The number of nitrogens with two attached hydrogens (primary N) is 1. The fourth-order valence-electron chi connectivity index (χ4n) is 1.24. The van der Waals surface area contributed by atoms with E-state index in [1.165, 1.54) is 6.07 Å². The van der Waals surface area contributed by atoms with Gasteiger partial charge in [0, 0.05) is 12.5 Å². The number of nitrogens with zero attached hydrogens (tertiary/aromatic N) is 1. The number of rotatable bonds is 6. The summed E-state index contributed by atoms with van der Waals surface area (Å²) in [5.74, 6) is -2.67. The fraction of sp³-hybridized carbons (Fsp3) is 0.400. The number of carbonyl (C=O) groups excluding carboxylic acids is 2. The van der Waals surface area contributed by atoms with Crippen molar-refractivity contribution in [2.45, 2.75) is 25.8 Å². The number of aromatic nitrogens is 1. The van der Waals surface area contributed by atoms with Crippen LogP contribution in [0.4, 0.5) is 0 Å². The summed E-state index contributed by atoms with van der Waals surface area (Å²) in [7, 11) is 0. The molecular weight excluding hydrogens is 242 g/mol. The van der Waals surface area contributed by atoms with E-state index in [4.69, 9.17) is 10.8 Å². The number of primary amides is 1. The molecule has 18 heavy (non-hydrogen) atoms. The molecule has 0 saturated carbocycles. The highest BCUT2D eigenvalue weighted by Crippen LogP contribution is 2.04. The molecule has 1 aromatic heterocycles. The molecule has 1 aromatic rings. The third-order valence-electron chi connectivity index (χ3n) is 2.13. The molecule has 0 aliphatic rings. The SMILES string of the molecule is Cc1cc(C(=O)N[C@H](CCC(N)=O)C(=O)O)on1. The second-order valence-electron chi connectivity index (χ2n) is 3.70. The number of hydrogen-bond donors (Lipinski definition) is 3. The van der Waals surface area contributed by atoms with Gasteiger partial charge in [-0.15, -0.1) is 0 Å². The lowest BCUT2D eigenvalue weighted by atomic mass is 10.1. The van der Waals surface area contributed by atoms with E-state index in [0.717, 1.165) is 0 Å². The zero-order chi connectivity index (χ0) is 13.7. The summed E-state index contributed by atoms with van der Waals surface area (Å²) in [5, 5.41) is 14.6. The van der Waals surface area contributed by atoms with Crippen LogP contribution in [-0.4, -0.2) is 34.1 Å². The van der Waals surface area contributed by atoms with Crippen LogP contribution >= 0.6 is 0 Å². The Bertz CT molecular complexity index is 468. The van der Waals surface area contributed by atoms with Gasteiger partial charge in [-0.2, -0.15) is 0 Å². The van der Waals surface area contributed by atoms with Gasteiger partial charge in [0.15, 0.2) is 0 Å². The van der Waals surface area contributed by atoms with E-state index >= 15 is 0 Å². The highest BCUT2D eigenvalue weighted by molar-refractivity contribution is 5.94. The Morgan fingerprint density at radius 1 is 1.56 bits per heavy atom. The number of carboxylic acid groups (broad SMARTS) is 1. The Kier molecular flexibility index (Phi) is 4.41. The van der Waals surface area contributed by atoms with Crippen LogP contribution in [0.3, 0.4) is 0 Å². The highest BCUT2D eigenvalue weighted by atomic mass is 16.5. The minimum atomic E-state index is -1.25. The minimum absolute atomic E-state index is 0.0798. The van der Waals surface area contributed by atoms with Crippen molar-refractivity contribution in [2.24, 2.45) is 5.73 Å². The van der Waals surface area contributed by atoms with Gasteiger partial charge in [0.25, 0.3) is 5.91 Å². The van der Waals surface area contributed by atoms with Crippen LogP contribution in [0.15, 0.2) is 10.6 Å². The van der Waals surface area contributed by atoms with Gasteiger partial charge in [-0.25, -0.2) is 4.79 Å². The molecule has 0 unspecified atom stereocenters. The van der Waals surface area contributed by atoms with E-state index in [-0.39, 0.29) is 18.6 Å². The van der Waals surface area contributed by atoms with Crippen molar-refractivity contribution in [2.75, 3.05) is 0 Å². The van der Waals surface area contributed by atoms with Crippen LogP contribution in [0, 0.1) is 6.92 Å². The average Bonchev–Trinajstić information content (AvgIpc) is 2.70. The van der Waals surface area contributed by atoms with Gasteiger partial charge in [-0.05, 0) is 13.3 Å². The Balaban J connectivity index is 2.63. The van der Waals surface area contributed by atoms with Crippen molar-refractivity contribution in [1.29, 1.82) is 0 Å². The van der Waals surface area contributed by atoms with Crippen molar-refractivity contribution in [3.8, 4) is 0 Å². The Labute approximate surface area is 102 Å². The summed E-state index contributed by atoms with van der Waals surface area (Å²) in [4.78, 5) is 33.0. The van der Waals surface area contributed by atoms with E-state index in [1.54, 1.807) is 6.92 Å². The standard InChI is InChI=1S/C10H13N3O5/c1-5-4-7(18-13-5)9(15)12-6(10(16)17)2-3-8(11)14/h4,6H,2-3H2,1H3,(H2,11,14)(H,12,15)(H,16,17)/t6-/m1/s1. The quantitative estimate of drug-likeness (QED) is 0.622. The number of nitrogens with one attached hydrogen (secondary N) is 1. The molecular formula is C10H13N3O5. The zero-order valence-electron chi connectivity index (χ0n) is 9.67. The fourth-order valence-corrected chi connectivity index (χ4v) is 1.24. The molecule has 2 amide bonds. The van der Waals surface area contributed by atoms with Crippen molar-refractivity contribution < 1.29 is 24.0 Å². The van der Waals surface area contributed by atoms with Crippen molar-refractivity contribution in [3.05, 3.63) is 17.5 Å². The molecule has 98 valence electrons. The van der Waals surface area contributed by atoms with Gasteiger partial charge in [0.2, 0.25) is 11.7 Å². The van der Waals surface area contributed by atoms with E-state index in [0.29, 0.717) is 5.69 Å². The average molecular weight is 255 g/mol. The van der Waals surface area contributed by atoms with Crippen LogP contribution in [0.25, 0.3) is 0 Å². The number of hydrogen-bond acceptors (Lipinski definition) is 5. The molecule has 0 radical (unpaired) electrons. The van der Waals surface area contributed by atoms with Crippen molar-refractivity contribution in [3.63, 3.8) is 0 Å². The smallest absolute Gasteiger partial charge is 0.326 e. The van der Waals surface area contributed by atoms with Gasteiger partial charge in [-0.3, -0.25) is 9.59 Å². The zero-order valence-corrected chi connectivity index (χ0v) is 9.67. The van der Waals surface area contributed by atoms with Gasteiger partial charge >= 0.3 is 5.97 Å². The summed E-state index contributed by atoms with van der Waals surface area (Å²) in [6.45, 7) is 1.63. The van der Waals surface area contributed by atoms with Gasteiger partial charge in [-0.1, -0.05) is 5.16 Å². The maximum Gasteiger partial charge on any atom is 0.326 e. The Hall–Kier alpha value is -2.38. The third kappa shape index (κ3) is 3.89. The van der Waals surface area contributed by atoms with E-state index in [9.17, 15) is 14.4 Å². The number of aliphatic carboxylic acids is 1. The van der Waals surface area contributed by atoms with Crippen LogP contribution in [0.5, 0.6) is 0 Å². The number of carbonyl (C=O) groups is 3. The molecule has 0 aliphatic heterocycles. The van der Waals surface area contributed by atoms with E-state index < -0.39 is 23.8 Å². The van der Waals surface area contributed by atoms with Crippen LogP contribution < -0.4 is 11.1 Å². The maximum atomic E-state index is 11.6. The summed E-state index contributed by atoms with van der Waals surface area (Å²) in [6, 6.07) is 0.179. The summed E-state index contributed by atoms with van der Waals surface area (Å²) in [5.41, 5.74) is 5.42. The van der Waals surface area contributed by atoms with Crippen LogP contribution in [-0.2, 0) is 9.59 Å². The number of carboxylic acids is 1. The van der Waals surface area contributed by atoms with Gasteiger partial charge in [0.05, 0.1) is 5.69 Å². The Morgan fingerprint density at radius 2 is 2.22 bits per heavy atom. The summed E-state index contributed by atoms with van der Waals surface area (Å²) < 4.78 is 4.69. The van der Waals surface area contributed by atoms with E-state index in [1.807, 2.05) is 0 Å². The number of aryl methyl sites for hydroxylation is 1. The predicted octanol–water partition coefficient (Wildman–Crippen LogP) is -0.568. The summed E-state index contributed by atoms with van der Waals surface area (Å²) in [6.07, 6.45) is -0.212. The molecule has 0 bridgehead atoms. The summed E-state index contributed by atoms with van der Waals surface area (Å²) >= 11 is 0. The molecule has 0 saturated heterocycles. The first-order valence-electron chi connectivity index (χ1n) is 5.15. The van der Waals surface area contributed by atoms with Crippen molar-refractivity contribution >= 4 is 17.8 Å². The molecule has 1 heterocycles. The Morgan fingerprint density at radius 3 is 2.67 bits per heavy atom. The lowest BCUT2D eigenvalue weighted by molar-refractivity contribution is -0.139. The monoisotopic (exact) mass is 255 g/mol. The highest BCUT2D eigenvalue weighted by Gasteiger charge is 2.22. The van der Waals surface area contributed by atoms with E-state index in [2.05, 4.69) is 15.0 Å². The second-order valence-corrected chi connectivity index (χ2v) is 3.70. The lowest BCUT2D eigenvalue weighted by Crippen LogP contribution is -2.41. The van der Waals surface area contributed by atoms with Crippen LogP contribution in [0.1, 0.15) is 29.1 Å².